The second-order valence-corrected chi connectivity index (χ2v) is 7.49. The SMILES string of the molecule is CNC(=S)c1ccc(-c2cnc3ncc(Cc4ccc5ncccc5c4)n3n2)cc1F. The molecule has 0 saturated heterocycles. The van der Waals surface area contributed by atoms with Crippen molar-refractivity contribution >= 4 is 33.9 Å². The predicted octanol–water partition coefficient (Wildman–Crippen LogP) is 3.96. The molecule has 0 aliphatic rings. The fourth-order valence-electron chi connectivity index (χ4n) is 3.51. The van der Waals surface area contributed by atoms with Crippen molar-refractivity contribution < 1.29 is 4.39 Å². The summed E-state index contributed by atoms with van der Waals surface area (Å²) in [4.78, 5) is 13.5. The van der Waals surface area contributed by atoms with Gasteiger partial charge >= 0.3 is 0 Å². The summed E-state index contributed by atoms with van der Waals surface area (Å²) in [6.45, 7) is 0. The number of halogens is 1. The molecule has 0 radical (unpaired) electrons. The van der Waals surface area contributed by atoms with E-state index in [1.807, 2.05) is 24.3 Å². The van der Waals surface area contributed by atoms with E-state index in [4.69, 9.17) is 12.2 Å². The molecular weight excluding hydrogens is 411 g/mol. The molecule has 5 aromatic rings. The zero-order valence-corrected chi connectivity index (χ0v) is 17.4. The van der Waals surface area contributed by atoms with Crippen molar-refractivity contribution in [2.75, 3.05) is 7.05 Å². The lowest BCUT2D eigenvalue weighted by molar-refractivity contribution is 0.625. The van der Waals surface area contributed by atoms with Crippen molar-refractivity contribution in [2.45, 2.75) is 6.42 Å². The molecule has 0 amide bonds. The summed E-state index contributed by atoms with van der Waals surface area (Å²) in [5.41, 5.74) is 4.48. The molecule has 3 heterocycles. The normalized spacial score (nSPS) is 11.2. The Balaban J connectivity index is 1.51. The van der Waals surface area contributed by atoms with Crippen LogP contribution in [0.2, 0.25) is 0 Å². The Hall–Kier alpha value is -3.78. The maximum absolute atomic E-state index is 14.5. The smallest absolute Gasteiger partial charge is 0.250 e. The number of nitrogens with one attached hydrogen (secondary N) is 1. The van der Waals surface area contributed by atoms with Crippen LogP contribution < -0.4 is 5.32 Å². The number of pyridine rings is 1. The molecule has 0 bridgehead atoms. The van der Waals surface area contributed by atoms with Crippen LogP contribution in [0.5, 0.6) is 0 Å². The van der Waals surface area contributed by atoms with Gasteiger partial charge < -0.3 is 5.32 Å². The van der Waals surface area contributed by atoms with Gasteiger partial charge in [0.25, 0.3) is 5.78 Å². The molecule has 8 heteroatoms. The van der Waals surface area contributed by atoms with E-state index in [0.717, 1.165) is 22.2 Å². The number of benzene rings is 2. The van der Waals surface area contributed by atoms with Crippen LogP contribution in [0.25, 0.3) is 27.9 Å². The average Bonchev–Trinajstić information content (AvgIpc) is 3.20. The summed E-state index contributed by atoms with van der Waals surface area (Å²) in [6, 6.07) is 15.0. The fraction of sp³-hybridized carbons (Fsp3) is 0.0870. The highest BCUT2D eigenvalue weighted by Gasteiger charge is 2.12. The summed E-state index contributed by atoms with van der Waals surface area (Å²) in [5, 5.41) is 8.53. The standard InChI is InChI=1S/C23H17FN6S/c1-25-22(31)18-6-5-16(11-19(18)24)21-13-28-23-27-12-17(30(23)29-21)10-14-4-7-20-15(9-14)3-2-8-26-20/h2-9,11-13H,10H2,1H3,(H,25,31). The minimum absolute atomic E-state index is 0.351. The van der Waals surface area contributed by atoms with E-state index in [0.29, 0.717) is 34.0 Å². The van der Waals surface area contributed by atoms with Crippen molar-refractivity contribution in [3.63, 3.8) is 0 Å². The summed E-state index contributed by atoms with van der Waals surface area (Å²) >= 11 is 5.13. The number of fused-ring (bicyclic) bond motifs is 2. The second-order valence-electron chi connectivity index (χ2n) is 7.09. The van der Waals surface area contributed by atoms with Gasteiger partial charge in [-0.05, 0) is 35.9 Å². The number of aromatic nitrogens is 5. The van der Waals surface area contributed by atoms with E-state index < -0.39 is 5.82 Å². The van der Waals surface area contributed by atoms with Crippen molar-refractivity contribution in [1.82, 2.24) is 29.9 Å². The van der Waals surface area contributed by atoms with Crippen LogP contribution >= 0.6 is 12.2 Å². The molecular formula is C23H17FN6S. The average molecular weight is 428 g/mol. The molecule has 152 valence electrons. The van der Waals surface area contributed by atoms with Gasteiger partial charge in [-0.1, -0.05) is 30.4 Å². The molecule has 0 atom stereocenters. The van der Waals surface area contributed by atoms with E-state index in [-0.39, 0.29) is 0 Å². The molecule has 0 spiro atoms. The highest BCUT2D eigenvalue weighted by molar-refractivity contribution is 7.80. The van der Waals surface area contributed by atoms with Gasteiger partial charge in [0.15, 0.2) is 0 Å². The van der Waals surface area contributed by atoms with E-state index in [1.165, 1.54) is 6.07 Å². The minimum Gasteiger partial charge on any atom is -0.379 e. The van der Waals surface area contributed by atoms with Crippen molar-refractivity contribution in [3.05, 3.63) is 89.8 Å². The third-order valence-corrected chi connectivity index (χ3v) is 5.51. The van der Waals surface area contributed by atoms with E-state index in [2.05, 4.69) is 31.4 Å². The molecule has 3 aromatic heterocycles. The number of imidazole rings is 1. The third kappa shape index (κ3) is 3.62. The van der Waals surface area contributed by atoms with Gasteiger partial charge in [0.1, 0.15) is 16.5 Å². The Morgan fingerprint density at radius 2 is 1.94 bits per heavy atom. The molecule has 5 rings (SSSR count). The second kappa shape index (κ2) is 7.81. The first-order valence-electron chi connectivity index (χ1n) is 9.68. The van der Waals surface area contributed by atoms with Crippen molar-refractivity contribution in [2.24, 2.45) is 0 Å². The van der Waals surface area contributed by atoms with Gasteiger partial charge in [-0.15, -0.1) is 0 Å². The zero-order valence-electron chi connectivity index (χ0n) is 16.6. The highest BCUT2D eigenvalue weighted by Crippen LogP contribution is 2.21. The molecule has 0 saturated carbocycles. The van der Waals surface area contributed by atoms with Gasteiger partial charge in [0, 0.05) is 36.2 Å². The molecule has 2 aromatic carbocycles. The lowest BCUT2D eigenvalue weighted by Gasteiger charge is -2.08. The Morgan fingerprint density at radius 3 is 2.77 bits per heavy atom. The Morgan fingerprint density at radius 1 is 1.06 bits per heavy atom. The molecule has 0 unspecified atom stereocenters. The number of nitrogens with zero attached hydrogens (tertiary/aromatic N) is 5. The van der Waals surface area contributed by atoms with Crippen LogP contribution in [0.15, 0.2) is 67.1 Å². The predicted molar refractivity (Wildman–Crippen MR) is 121 cm³/mol. The Labute approximate surface area is 182 Å². The molecule has 0 aliphatic heterocycles. The lowest BCUT2D eigenvalue weighted by Crippen LogP contribution is -2.17. The molecule has 6 nitrogen and oxygen atoms in total. The summed E-state index contributed by atoms with van der Waals surface area (Å²) in [6.07, 6.45) is 5.78. The Kier molecular flexibility index (Phi) is 4.83. The first-order valence-corrected chi connectivity index (χ1v) is 10.1. The quantitative estimate of drug-likeness (QED) is 0.437. The monoisotopic (exact) mass is 428 g/mol. The molecule has 31 heavy (non-hydrogen) atoms. The first kappa shape index (κ1) is 19.2. The van der Waals surface area contributed by atoms with Crippen molar-refractivity contribution in [3.8, 4) is 11.3 Å². The maximum Gasteiger partial charge on any atom is 0.250 e. The van der Waals surface area contributed by atoms with Gasteiger partial charge in [-0.25, -0.2) is 18.9 Å². The van der Waals surface area contributed by atoms with Crippen LogP contribution in [0.3, 0.4) is 0 Å². The fourth-order valence-corrected chi connectivity index (χ4v) is 3.68. The largest absolute Gasteiger partial charge is 0.379 e. The summed E-state index contributed by atoms with van der Waals surface area (Å²) < 4.78 is 16.2. The van der Waals surface area contributed by atoms with E-state index in [1.54, 1.807) is 42.3 Å². The molecule has 0 aliphatic carbocycles. The zero-order chi connectivity index (χ0) is 21.4. The summed E-state index contributed by atoms with van der Waals surface area (Å²) in [5.74, 6) is 0.0871. The molecule has 0 fully saturated rings. The van der Waals surface area contributed by atoms with Crippen LogP contribution in [-0.4, -0.2) is 36.6 Å². The van der Waals surface area contributed by atoms with Crippen LogP contribution in [0.4, 0.5) is 4.39 Å². The van der Waals surface area contributed by atoms with Gasteiger partial charge in [-0.2, -0.15) is 5.10 Å². The van der Waals surface area contributed by atoms with Crippen molar-refractivity contribution in [1.29, 1.82) is 0 Å². The van der Waals surface area contributed by atoms with Gasteiger partial charge in [-0.3, -0.25) is 4.98 Å². The highest BCUT2D eigenvalue weighted by atomic mass is 32.1. The number of thiocarbonyl (C=S) groups is 1. The van der Waals surface area contributed by atoms with Crippen LogP contribution in [0.1, 0.15) is 16.8 Å². The van der Waals surface area contributed by atoms with Crippen LogP contribution in [0, 0.1) is 5.82 Å². The minimum atomic E-state index is -0.408. The Bertz CT molecular complexity index is 1450. The van der Waals surface area contributed by atoms with Gasteiger partial charge in [0.05, 0.1) is 23.6 Å². The maximum atomic E-state index is 14.5. The van der Waals surface area contributed by atoms with E-state index >= 15 is 0 Å². The van der Waals surface area contributed by atoms with E-state index in [9.17, 15) is 4.39 Å². The number of hydrogen-bond donors (Lipinski definition) is 1. The van der Waals surface area contributed by atoms with Crippen LogP contribution in [-0.2, 0) is 6.42 Å². The number of rotatable bonds is 4. The topological polar surface area (TPSA) is 68.0 Å². The van der Waals surface area contributed by atoms with Gasteiger partial charge in [0.2, 0.25) is 0 Å². The third-order valence-electron chi connectivity index (χ3n) is 5.09. The first-order chi connectivity index (χ1) is 15.1. The number of hydrogen-bond acceptors (Lipinski definition) is 5. The molecule has 1 N–H and O–H groups in total. The summed E-state index contributed by atoms with van der Waals surface area (Å²) in [7, 11) is 1.67. The lowest BCUT2D eigenvalue weighted by atomic mass is 10.1.